The lowest BCUT2D eigenvalue weighted by atomic mass is 9.87. The molecule has 0 radical (unpaired) electrons. The van der Waals surface area contributed by atoms with Crippen LogP contribution in [0.3, 0.4) is 0 Å². The molecule has 2 aromatic heterocycles. The summed E-state index contributed by atoms with van der Waals surface area (Å²) in [4.78, 5) is 24.7. The standard InChI is InChI=1S/C30H39N7O3S/c1-4-37(32)26-13-11-22(20(3)29(26)31)23(16-28(38)39)24-12-10-19(2)25(34-24)18-35-17-21-8-5-6-15-36(21)30-27(41(35)40)9-7-14-33-30/h7,9-14,21,23H,4-6,8,15-18,31-32H2,1-3H3,(H,38,39). The maximum atomic E-state index is 13.9. The second kappa shape index (κ2) is 12.1. The summed E-state index contributed by atoms with van der Waals surface area (Å²) in [5.41, 5.74) is 11.7. The van der Waals surface area contributed by atoms with Gasteiger partial charge < -0.3 is 20.7 Å². The summed E-state index contributed by atoms with van der Waals surface area (Å²) in [6.07, 6.45) is 4.88. The number of pyridine rings is 2. The predicted molar refractivity (Wildman–Crippen MR) is 162 cm³/mol. The summed E-state index contributed by atoms with van der Waals surface area (Å²) in [5.74, 6) is 5.49. The van der Waals surface area contributed by atoms with Gasteiger partial charge in [0.25, 0.3) is 0 Å². The Morgan fingerprint density at radius 2 is 2.02 bits per heavy atom. The highest BCUT2D eigenvalue weighted by atomic mass is 32.2. The minimum absolute atomic E-state index is 0.138. The van der Waals surface area contributed by atoms with Crippen molar-refractivity contribution in [2.45, 2.75) is 69.9 Å². The predicted octanol–water partition coefficient (Wildman–Crippen LogP) is 3.88. The van der Waals surface area contributed by atoms with Crippen LogP contribution in [-0.4, -0.2) is 55.2 Å². The lowest BCUT2D eigenvalue weighted by Crippen LogP contribution is -2.45. The number of carbonyl (C=O) groups is 1. The summed E-state index contributed by atoms with van der Waals surface area (Å²) < 4.78 is 15.9. The number of carboxylic acid groups (broad SMARTS) is 1. The molecule has 4 heterocycles. The van der Waals surface area contributed by atoms with Gasteiger partial charge in [0.05, 0.1) is 34.9 Å². The van der Waals surface area contributed by atoms with Gasteiger partial charge in [0.2, 0.25) is 0 Å². The minimum Gasteiger partial charge on any atom is -0.481 e. The third-order valence-electron chi connectivity index (χ3n) is 8.33. The van der Waals surface area contributed by atoms with Gasteiger partial charge in [-0.2, -0.15) is 0 Å². The van der Waals surface area contributed by atoms with Crippen LogP contribution in [0.5, 0.6) is 0 Å². The van der Waals surface area contributed by atoms with E-state index >= 15 is 0 Å². The topological polar surface area (TPSA) is 142 Å². The van der Waals surface area contributed by atoms with Crippen molar-refractivity contribution >= 4 is 34.1 Å². The second-order valence-electron chi connectivity index (χ2n) is 10.9. The SMILES string of the molecule is CCN(N)c1ccc(C(CC(=O)O)c2ccc(C)c(CN3CC4CCCCN4c4ncccc4S3=O)n2)c(C)c1N. The summed E-state index contributed by atoms with van der Waals surface area (Å²) in [7, 11) is -1.41. The number of hydrogen-bond acceptors (Lipinski definition) is 8. The van der Waals surface area contributed by atoms with Gasteiger partial charge in [-0.1, -0.05) is 12.1 Å². The van der Waals surface area contributed by atoms with Gasteiger partial charge in [-0.25, -0.2) is 19.3 Å². The first-order valence-corrected chi connectivity index (χ1v) is 15.3. The Morgan fingerprint density at radius 1 is 1.22 bits per heavy atom. The van der Waals surface area contributed by atoms with Crippen LogP contribution in [0.1, 0.15) is 66.6 Å². The van der Waals surface area contributed by atoms with Crippen LogP contribution in [-0.2, 0) is 22.3 Å². The first-order chi connectivity index (χ1) is 19.7. The first-order valence-electron chi connectivity index (χ1n) is 14.2. The van der Waals surface area contributed by atoms with Gasteiger partial charge in [-0.3, -0.25) is 9.78 Å². The van der Waals surface area contributed by atoms with E-state index < -0.39 is 22.9 Å². The van der Waals surface area contributed by atoms with Crippen LogP contribution in [0.15, 0.2) is 47.5 Å². The number of hydrogen-bond donors (Lipinski definition) is 3. The number of anilines is 3. The van der Waals surface area contributed by atoms with E-state index in [2.05, 4.69) is 9.88 Å². The molecule has 0 bridgehead atoms. The van der Waals surface area contributed by atoms with E-state index in [0.717, 1.165) is 58.9 Å². The van der Waals surface area contributed by atoms with Gasteiger partial charge in [0.1, 0.15) is 16.8 Å². The number of carboxylic acids is 1. The molecule has 3 unspecified atom stereocenters. The number of aliphatic carboxylic acids is 1. The fraction of sp³-hybridized carbons (Fsp3) is 0.433. The number of hydrazine groups is 1. The Bertz CT molecular complexity index is 1470. The van der Waals surface area contributed by atoms with E-state index in [1.807, 2.05) is 61.5 Å². The Labute approximate surface area is 243 Å². The molecule has 3 aromatic rings. The molecule has 5 N–H and O–H groups in total. The number of aromatic nitrogens is 2. The fourth-order valence-electron chi connectivity index (χ4n) is 5.96. The third-order valence-corrected chi connectivity index (χ3v) is 9.77. The molecule has 2 aliphatic heterocycles. The fourth-order valence-corrected chi connectivity index (χ4v) is 7.30. The van der Waals surface area contributed by atoms with Crippen molar-refractivity contribution < 1.29 is 14.1 Å². The highest BCUT2D eigenvalue weighted by Gasteiger charge is 2.35. The average Bonchev–Trinajstić information content (AvgIpc) is 3.08. The smallest absolute Gasteiger partial charge is 0.304 e. The highest BCUT2D eigenvalue weighted by molar-refractivity contribution is 7.82. The summed E-state index contributed by atoms with van der Waals surface area (Å²) in [5, 5.41) is 11.4. The van der Waals surface area contributed by atoms with Gasteiger partial charge in [-0.05, 0) is 81.0 Å². The number of aryl methyl sites for hydroxylation is 1. The normalized spacial score (nSPS) is 19.7. The number of nitrogens with two attached hydrogens (primary N) is 2. The monoisotopic (exact) mass is 577 g/mol. The molecule has 1 aromatic carbocycles. The van der Waals surface area contributed by atoms with E-state index in [1.165, 1.54) is 0 Å². The van der Waals surface area contributed by atoms with Crippen molar-refractivity contribution in [3.63, 3.8) is 0 Å². The number of benzene rings is 1. The number of nitrogen functional groups attached to an aromatic ring is 1. The molecule has 3 atom stereocenters. The number of nitrogens with zero attached hydrogens (tertiary/aromatic N) is 5. The summed E-state index contributed by atoms with van der Waals surface area (Å²) in [6, 6.07) is 11.6. The molecule has 0 aliphatic carbocycles. The molecule has 41 heavy (non-hydrogen) atoms. The number of piperidine rings is 1. The Hall–Kier alpha value is -3.54. The molecule has 1 fully saturated rings. The molecular formula is C30H39N7O3S. The highest BCUT2D eigenvalue weighted by Crippen LogP contribution is 2.37. The van der Waals surface area contributed by atoms with Crippen LogP contribution >= 0.6 is 0 Å². The molecule has 11 heteroatoms. The van der Waals surface area contributed by atoms with Crippen molar-refractivity contribution in [3.8, 4) is 0 Å². The number of rotatable bonds is 8. The van der Waals surface area contributed by atoms with Crippen LogP contribution in [0.2, 0.25) is 0 Å². The summed E-state index contributed by atoms with van der Waals surface area (Å²) >= 11 is 0. The molecule has 1 saturated heterocycles. The van der Waals surface area contributed by atoms with Crippen molar-refractivity contribution in [2.24, 2.45) is 5.84 Å². The van der Waals surface area contributed by atoms with Crippen LogP contribution < -0.4 is 21.5 Å². The Morgan fingerprint density at radius 3 is 2.78 bits per heavy atom. The maximum Gasteiger partial charge on any atom is 0.304 e. The second-order valence-corrected chi connectivity index (χ2v) is 12.3. The van der Waals surface area contributed by atoms with Crippen LogP contribution in [0.4, 0.5) is 17.2 Å². The van der Waals surface area contributed by atoms with Gasteiger partial charge >= 0.3 is 5.97 Å². The van der Waals surface area contributed by atoms with Crippen LogP contribution in [0.25, 0.3) is 0 Å². The molecule has 2 aliphatic rings. The maximum absolute atomic E-state index is 13.9. The lowest BCUT2D eigenvalue weighted by molar-refractivity contribution is -0.137. The lowest BCUT2D eigenvalue weighted by Gasteiger charge is -2.36. The minimum atomic E-state index is -1.41. The van der Waals surface area contributed by atoms with E-state index in [4.69, 9.17) is 16.6 Å². The van der Waals surface area contributed by atoms with E-state index in [1.54, 1.807) is 11.2 Å². The van der Waals surface area contributed by atoms with E-state index in [-0.39, 0.29) is 12.5 Å². The van der Waals surface area contributed by atoms with Crippen molar-refractivity contribution in [3.05, 3.63) is 70.7 Å². The first kappa shape index (κ1) is 29.0. The third kappa shape index (κ3) is 5.79. The molecule has 218 valence electrons. The largest absolute Gasteiger partial charge is 0.481 e. The van der Waals surface area contributed by atoms with Crippen molar-refractivity contribution in [1.82, 2.24) is 14.3 Å². The van der Waals surface area contributed by atoms with Gasteiger partial charge in [0.15, 0.2) is 0 Å². The molecule has 5 rings (SSSR count). The van der Waals surface area contributed by atoms with Crippen molar-refractivity contribution in [1.29, 1.82) is 0 Å². The van der Waals surface area contributed by atoms with Crippen molar-refractivity contribution in [2.75, 3.05) is 35.3 Å². The van der Waals surface area contributed by atoms with E-state index in [9.17, 15) is 14.1 Å². The number of fused-ring (bicyclic) bond motifs is 3. The zero-order valence-electron chi connectivity index (χ0n) is 23.9. The molecule has 0 spiro atoms. The molecule has 0 amide bonds. The molecule has 0 saturated carbocycles. The van der Waals surface area contributed by atoms with Gasteiger partial charge in [-0.15, -0.1) is 0 Å². The van der Waals surface area contributed by atoms with Gasteiger partial charge in [0, 0.05) is 43.5 Å². The average molecular weight is 578 g/mol. The molecular weight excluding hydrogens is 538 g/mol. The summed E-state index contributed by atoms with van der Waals surface area (Å²) in [6.45, 7) is 8.32. The Balaban J connectivity index is 1.51. The Kier molecular flexibility index (Phi) is 8.58. The molecule has 10 nitrogen and oxygen atoms in total. The zero-order valence-corrected chi connectivity index (χ0v) is 24.7. The quantitative estimate of drug-likeness (QED) is 0.207. The van der Waals surface area contributed by atoms with E-state index in [0.29, 0.717) is 36.7 Å². The van der Waals surface area contributed by atoms with Crippen LogP contribution in [0, 0.1) is 13.8 Å². The zero-order chi connectivity index (χ0) is 29.3.